The fourth-order valence-electron chi connectivity index (χ4n) is 8.53. The van der Waals surface area contributed by atoms with Gasteiger partial charge in [-0.15, -0.1) is 0 Å². The summed E-state index contributed by atoms with van der Waals surface area (Å²) < 4.78 is 0. The van der Waals surface area contributed by atoms with Crippen LogP contribution in [0.15, 0.2) is 24.8 Å². The zero-order valence-electron chi connectivity index (χ0n) is 17.9. The molecule has 0 radical (unpaired) electrons. The summed E-state index contributed by atoms with van der Waals surface area (Å²) in [6.45, 7) is 8.27. The lowest BCUT2D eigenvalue weighted by Gasteiger charge is -2.56. The van der Waals surface area contributed by atoms with Crippen molar-refractivity contribution in [2.24, 2.45) is 46.3 Å². The predicted octanol–water partition coefficient (Wildman–Crippen LogP) is 3.34. The van der Waals surface area contributed by atoms with Gasteiger partial charge in [-0.25, -0.2) is 9.59 Å². The zero-order valence-corrected chi connectivity index (χ0v) is 17.9. The summed E-state index contributed by atoms with van der Waals surface area (Å²) in [5.74, 6) is 2.95. The summed E-state index contributed by atoms with van der Waals surface area (Å²) in [6, 6.07) is 0. The van der Waals surface area contributed by atoms with E-state index in [1.165, 1.54) is 51.9 Å². The summed E-state index contributed by atoms with van der Waals surface area (Å²) in [7, 11) is 0. The van der Waals surface area contributed by atoms with E-state index in [2.05, 4.69) is 13.2 Å². The molecule has 5 fully saturated rings. The van der Waals surface area contributed by atoms with Crippen molar-refractivity contribution in [2.75, 3.05) is 13.2 Å². The lowest BCUT2D eigenvalue weighted by Crippen LogP contribution is -2.56. The Morgan fingerprint density at radius 1 is 1.07 bits per heavy atom. The number of carboxylic acids is 2. The molecule has 8 atom stereocenters. The van der Waals surface area contributed by atoms with E-state index in [-0.39, 0.29) is 16.4 Å². The summed E-state index contributed by atoms with van der Waals surface area (Å²) in [4.78, 5) is 18.8. The third-order valence-corrected chi connectivity index (χ3v) is 9.21. The number of hydrogen-bond donors (Lipinski definition) is 4. The van der Waals surface area contributed by atoms with Crippen LogP contribution in [0.2, 0.25) is 0 Å². The second-order valence-corrected chi connectivity index (χ2v) is 10.0. The van der Waals surface area contributed by atoms with Gasteiger partial charge in [0.05, 0.1) is 0 Å². The van der Waals surface area contributed by atoms with Crippen LogP contribution in [-0.4, -0.2) is 45.6 Å². The minimum atomic E-state index is -0.981. The van der Waals surface area contributed by atoms with Crippen LogP contribution in [0, 0.1) is 46.3 Å². The summed E-state index contributed by atoms with van der Waals surface area (Å²) in [5.41, 5.74) is 0.411. The highest BCUT2D eigenvalue weighted by Gasteiger charge is 2.79. The molecule has 5 rings (SSSR count). The van der Waals surface area contributed by atoms with Gasteiger partial charge >= 0.3 is 11.9 Å². The van der Waals surface area contributed by atoms with Crippen LogP contribution < -0.4 is 0 Å². The monoisotopic (exact) mass is 420 g/mol. The van der Waals surface area contributed by atoms with Crippen molar-refractivity contribution in [2.45, 2.75) is 51.9 Å². The summed E-state index contributed by atoms with van der Waals surface area (Å²) in [6.07, 6.45) is 10.3. The number of hydrogen-bond acceptors (Lipinski definition) is 4. The topological polar surface area (TPSA) is 115 Å². The molecule has 0 amide bonds. The van der Waals surface area contributed by atoms with Crippen molar-refractivity contribution in [3.8, 4) is 0 Å². The molecule has 6 nitrogen and oxygen atoms in total. The van der Waals surface area contributed by atoms with E-state index in [1.54, 1.807) is 0 Å². The standard InChI is InChI=1S/C17H26O2.C4H6O2.C3H4O2/c18-8-16-7-13(12-2-1-3-14(12)16)15-10-4-5-11(6-10)17(15,16)9-19;1-3(2)4(5)6;1-2-3(4)5/h10-15,18-19H,1-9H2;1H2,2H3,(H,5,6);2H,1H2,(H,4,5). The third-order valence-electron chi connectivity index (χ3n) is 9.21. The molecule has 0 aliphatic heterocycles. The van der Waals surface area contributed by atoms with Gasteiger partial charge in [-0.2, -0.15) is 0 Å². The van der Waals surface area contributed by atoms with Crippen LogP contribution >= 0.6 is 0 Å². The SMILES string of the molecule is C=C(C)C(=O)O.C=CC(=O)O.OCC12CC(C3CCCC31)C1C3CCC(C3)C12CO. The van der Waals surface area contributed by atoms with Crippen LogP contribution in [-0.2, 0) is 9.59 Å². The highest BCUT2D eigenvalue weighted by atomic mass is 16.4. The first kappa shape index (κ1) is 23.0. The molecule has 0 saturated heterocycles. The number of fused-ring (bicyclic) bond motifs is 12. The first-order chi connectivity index (χ1) is 14.2. The molecule has 0 aromatic carbocycles. The normalized spacial score (nSPS) is 43.6. The van der Waals surface area contributed by atoms with Crippen molar-refractivity contribution >= 4 is 11.9 Å². The van der Waals surface area contributed by atoms with E-state index in [4.69, 9.17) is 10.2 Å². The van der Waals surface area contributed by atoms with E-state index >= 15 is 0 Å². The Labute approximate surface area is 178 Å². The number of aliphatic hydroxyl groups excluding tert-OH is 2. The molecule has 5 saturated carbocycles. The van der Waals surface area contributed by atoms with Crippen molar-refractivity contribution in [1.82, 2.24) is 0 Å². The number of carboxylic acid groups (broad SMARTS) is 2. The van der Waals surface area contributed by atoms with Crippen LogP contribution in [0.1, 0.15) is 51.9 Å². The second kappa shape index (κ2) is 8.46. The first-order valence-electron chi connectivity index (χ1n) is 11.2. The molecule has 4 bridgehead atoms. The van der Waals surface area contributed by atoms with Gasteiger partial charge in [0.15, 0.2) is 0 Å². The number of aliphatic carboxylic acids is 2. The van der Waals surface area contributed by atoms with Crippen LogP contribution in [0.25, 0.3) is 0 Å². The van der Waals surface area contributed by atoms with Crippen molar-refractivity contribution in [3.63, 3.8) is 0 Å². The van der Waals surface area contributed by atoms with E-state index in [9.17, 15) is 19.8 Å². The van der Waals surface area contributed by atoms with Crippen molar-refractivity contribution < 1.29 is 30.0 Å². The van der Waals surface area contributed by atoms with E-state index in [1.807, 2.05) is 0 Å². The smallest absolute Gasteiger partial charge is 0.330 e. The number of carbonyl (C=O) groups is 2. The summed E-state index contributed by atoms with van der Waals surface area (Å²) in [5, 5.41) is 36.2. The summed E-state index contributed by atoms with van der Waals surface area (Å²) >= 11 is 0. The van der Waals surface area contributed by atoms with E-state index in [0.717, 1.165) is 41.6 Å². The van der Waals surface area contributed by atoms with Crippen molar-refractivity contribution in [1.29, 1.82) is 0 Å². The molecule has 30 heavy (non-hydrogen) atoms. The molecular formula is C24H36O6. The largest absolute Gasteiger partial charge is 0.478 e. The van der Waals surface area contributed by atoms with Gasteiger partial charge in [0, 0.05) is 35.7 Å². The average Bonchev–Trinajstić information content (AvgIpc) is 3.51. The molecule has 0 aromatic rings. The van der Waals surface area contributed by atoms with Gasteiger partial charge in [0.25, 0.3) is 0 Å². The lowest BCUT2D eigenvalue weighted by molar-refractivity contribution is -0.144. The molecule has 0 aromatic heterocycles. The fourth-order valence-corrected chi connectivity index (χ4v) is 8.53. The Kier molecular flexibility index (Phi) is 6.49. The maximum Gasteiger partial charge on any atom is 0.330 e. The van der Waals surface area contributed by atoms with Crippen LogP contribution in [0.3, 0.4) is 0 Å². The molecule has 0 heterocycles. The Balaban J connectivity index is 0.000000197. The second-order valence-electron chi connectivity index (χ2n) is 10.0. The number of rotatable bonds is 4. The van der Waals surface area contributed by atoms with Crippen LogP contribution in [0.4, 0.5) is 0 Å². The molecule has 5 aliphatic rings. The average molecular weight is 421 g/mol. The van der Waals surface area contributed by atoms with Gasteiger partial charge in [0.2, 0.25) is 0 Å². The van der Waals surface area contributed by atoms with Gasteiger partial charge in [-0.1, -0.05) is 19.6 Å². The highest BCUT2D eigenvalue weighted by molar-refractivity contribution is 5.84. The predicted molar refractivity (Wildman–Crippen MR) is 113 cm³/mol. The highest BCUT2D eigenvalue weighted by Crippen LogP contribution is 2.82. The minimum Gasteiger partial charge on any atom is -0.478 e. The molecular weight excluding hydrogens is 384 g/mol. The lowest BCUT2D eigenvalue weighted by atomic mass is 9.49. The molecule has 6 heteroatoms. The minimum absolute atomic E-state index is 0.109. The molecule has 8 unspecified atom stereocenters. The van der Waals surface area contributed by atoms with Crippen molar-refractivity contribution in [3.05, 3.63) is 24.8 Å². The maximum absolute atomic E-state index is 10.4. The quantitative estimate of drug-likeness (QED) is 0.410. The van der Waals surface area contributed by atoms with Gasteiger partial charge in [-0.3, -0.25) is 0 Å². The fraction of sp³-hybridized carbons (Fsp3) is 0.750. The zero-order chi connectivity index (χ0) is 22.3. The Morgan fingerprint density at radius 3 is 2.20 bits per heavy atom. The first-order valence-corrected chi connectivity index (χ1v) is 11.2. The third kappa shape index (κ3) is 3.14. The van der Waals surface area contributed by atoms with Gasteiger partial charge in [0.1, 0.15) is 0 Å². The van der Waals surface area contributed by atoms with E-state index in [0.29, 0.717) is 13.2 Å². The molecule has 5 aliphatic carbocycles. The maximum atomic E-state index is 10.4. The van der Waals surface area contributed by atoms with E-state index < -0.39 is 11.9 Å². The molecule has 4 N–H and O–H groups in total. The Hall–Kier alpha value is -1.66. The Bertz CT molecular complexity index is 704. The Morgan fingerprint density at radius 2 is 1.70 bits per heavy atom. The van der Waals surface area contributed by atoms with Gasteiger partial charge in [-0.05, 0) is 81.0 Å². The van der Waals surface area contributed by atoms with Crippen LogP contribution in [0.5, 0.6) is 0 Å². The van der Waals surface area contributed by atoms with Gasteiger partial charge < -0.3 is 20.4 Å². The molecule has 168 valence electrons. The number of aliphatic hydroxyl groups is 2. The molecule has 0 spiro atoms.